The van der Waals surface area contributed by atoms with Crippen LogP contribution in [0.1, 0.15) is 57.1 Å². The average Bonchev–Trinajstić information content (AvgIpc) is 2.99. The van der Waals surface area contributed by atoms with Crippen molar-refractivity contribution in [2.75, 3.05) is 0 Å². The molecule has 30 heavy (non-hydrogen) atoms. The molecule has 0 fully saturated rings. The Bertz CT molecular complexity index is 1100. The summed E-state index contributed by atoms with van der Waals surface area (Å²) in [5.74, 6) is -0.388. The normalized spacial score (nSPS) is 11.3. The van der Waals surface area contributed by atoms with E-state index in [1.165, 1.54) is 0 Å². The third-order valence-electron chi connectivity index (χ3n) is 4.93. The van der Waals surface area contributed by atoms with Crippen LogP contribution in [0.5, 0.6) is 0 Å². The molecule has 4 nitrogen and oxygen atoms in total. The van der Waals surface area contributed by atoms with Crippen molar-refractivity contribution in [2.24, 2.45) is 0 Å². The summed E-state index contributed by atoms with van der Waals surface area (Å²) in [4.78, 5) is 25.1. The van der Waals surface area contributed by atoms with E-state index in [4.69, 9.17) is 4.74 Å². The van der Waals surface area contributed by atoms with Crippen LogP contribution >= 0.6 is 0 Å². The predicted molar refractivity (Wildman–Crippen MR) is 120 cm³/mol. The second-order valence-corrected chi connectivity index (χ2v) is 7.70. The Morgan fingerprint density at radius 2 is 1.63 bits per heavy atom. The zero-order valence-corrected chi connectivity index (χ0v) is 18.1. The molecule has 0 aliphatic rings. The second-order valence-electron chi connectivity index (χ2n) is 7.70. The Morgan fingerprint density at radius 3 is 2.30 bits per heavy atom. The van der Waals surface area contributed by atoms with Crippen molar-refractivity contribution < 1.29 is 14.3 Å². The molecule has 0 aliphatic carbocycles. The van der Waals surface area contributed by atoms with E-state index in [1.807, 2.05) is 93.8 Å². The largest absolute Gasteiger partial charge is 0.459 e. The van der Waals surface area contributed by atoms with Crippen LogP contribution in [0.4, 0.5) is 0 Å². The number of esters is 1. The number of benzene rings is 2. The molecule has 2 aromatic carbocycles. The molecule has 3 rings (SSSR count). The highest BCUT2D eigenvalue weighted by Crippen LogP contribution is 2.25. The summed E-state index contributed by atoms with van der Waals surface area (Å²) in [5.41, 5.74) is 5.91. The quantitative estimate of drug-likeness (QED) is 0.295. The Hall–Kier alpha value is -3.40. The van der Waals surface area contributed by atoms with E-state index in [1.54, 1.807) is 12.1 Å². The van der Waals surface area contributed by atoms with Crippen LogP contribution in [0, 0.1) is 20.8 Å². The van der Waals surface area contributed by atoms with Gasteiger partial charge in [-0.05, 0) is 70.5 Å². The first-order valence-corrected chi connectivity index (χ1v) is 10.1. The lowest BCUT2D eigenvalue weighted by Crippen LogP contribution is -2.15. The summed E-state index contributed by atoms with van der Waals surface area (Å²) in [6.45, 7) is 9.62. The minimum Gasteiger partial charge on any atom is -0.459 e. The van der Waals surface area contributed by atoms with Crippen LogP contribution in [0.2, 0.25) is 0 Å². The van der Waals surface area contributed by atoms with Crippen LogP contribution in [-0.4, -0.2) is 22.4 Å². The van der Waals surface area contributed by atoms with E-state index in [9.17, 15) is 9.59 Å². The molecule has 0 amide bonds. The Morgan fingerprint density at radius 1 is 0.967 bits per heavy atom. The maximum Gasteiger partial charge on any atom is 0.340 e. The van der Waals surface area contributed by atoms with Gasteiger partial charge in [0, 0.05) is 17.0 Å². The predicted octanol–water partition coefficient (Wildman–Crippen LogP) is 5.86. The minimum atomic E-state index is -0.347. The second kappa shape index (κ2) is 8.95. The molecule has 0 unspecified atom stereocenters. The fourth-order valence-electron chi connectivity index (χ4n) is 3.43. The van der Waals surface area contributed by atoms with E-state index >= 15 is 0 Å². The zero-order chi connectivity index (χ0) is 21.8. The van der Waals surface area contributed by atoms with Gasteiger partial charge in [-0.25, -0.2) is 4.79 Å². The first kappa shape index (κ1) is 21.3. The fourth-order valence-corrected chi connectivity index (χ4v) is 3.43. The summed E-state index contributed by atoms with van der Waals surface area (Å²) >= 11 is 0. The molecule has 0 aliphatic heterocycles. The third kappa shape index (κ3) is 4.60. The number of carbonyl (C=O) groups excluding carboxylic acids is 2. The highest BCUT2D eigenvalue weighted by molar-refractivity contribution is 6.06. The number of aromatic nitrogens is 1. The number of nitrogens with zero attached hydrogens (tertiary/aromatic N) is 1. The maximum atomic E-state index is 12.6. The Kier molecular flexibility index (Phi) is 6.36. The number of carbonyl (C=O) groups is 2. The monoisotopic (exact) mass is 401 g/mol. The first-order chi connectivity index (χ1) is 14.3. The summed E-state index contributed by atoms with van der Waals surface area (Å²) in [7, 11) is 0. The van der Waals surface area contributed by atoms with Crippen molar-refractivity contribution in [3.63, 3.8) is 0 Å². The number of allylic oxidation sites excluding steroid dienone is 1. The Labute approximate surface area is 177 Å². The highest BCUT2D eigenvalue weighted by Gasteiger charge is 2.18. The molecule has 0 radical (unpaired) electrons. The van der Waals surface area contributed by atoms with Crippen LogP contribution in [0.3, 0.4) is 0 Å². The topological polar surface area (TPSA) is 48.3 Å². The van der Waals surface area contributed by atoms with Crippen molar-refractivity contribution in [1.29, 1.82) is 0 Å². The summed E-state index contributed by atoms with van der Waals surface area (Å²) in [6.07, 6.45) is 3.23. The number of hydrogen-bond acceptors (Lipinski definition) is 3. The van der Waals surface area contributed by atoms with Gasteiger partial charge in [0.2, 0.25) is 0 Å². The van der Waals surface area contributed by atoms with Gasteiger partial charge in [-0.1, -0.05) is 42.0 Å². The van der Waals surface area contributed by atoms with Crippen LogP contribution in [-0.2, 0) is 4.74 Å². The molecular weight excluding hydrogens is 374 g/mol. The average molecular weight is 402 g/mol. The zero-order valence-electron chi connectivity index (χ0n) is 18.1. The number of ether oxygens (including phenoxy) is 1. The van der Waals surface area contributed by atoms with E-state index in [0.717, 1.165) is 28.2 Å². The van der Waals surface area contributed by atoms with Crippen molar-refractivity contribution in [2.45, 2.75) is 40.7 Å². The van der Waals surface area contributed by atoms with Gasteiger partial charge in [0.05, 0.1) is 17.4 Å². The van der Waals surface area contributed by atoms with Gasteiger partial charge in [0.1, 0.15) is 0 Å². The van der Waals surface area contributed by atoms with Crippen molar-refractivity contribution in [1.82, 2.24) is 4.57 Å². The van der Waals surface area contributed by atoms with Crippen LogP contribution in [0.25, 0.3) is 11.8 Å². The number of hydrogen-bond donors (Lipinski definition) is 0. The number of para-hydroxylation sites is 1. The summed E-state index contributed by atoms with van der Waals surface area (Å²) in [5, 5.41) is 0. The molecular formula is C26H27NO3. The summed E-state index contributed by atoms with van der Waals surface area (Å²) < 4.78 is 7.43. The first-order valence-electron chi connectivity index (χ1n) is 10.1. The van der Waals surface area contributed by atoms with E-state index in [0.29, 0.717) is 11.1 Å². The molecule has 0 N–H and O–H groups in total. The maximum absolute atomic E-state index is 12.6. The van der Waals surface area contributed by atoms with Crippen molar-refractivity contribution in [3.8, 4) is 5.69 Å². The molecule has 0 saturated heterocycles. The molecule has 0 bridgehead atoms. The Balaban J connectivity index is 1.94. The molecule has 154 valence electrons. The van der Waals surface area contributed by atoms with E-state index in [-0.39, 0.29) is 17.9 Å². The number of ketones is 1. The minimum absolute atomic E-state index is 0.0410. The third-order valence-corrected chi connectivity index (χ3v) is 4.93. The smallest absolute Gasteiger partial charge is 0.340 e. The lowest BCUT2D eigenvalue weighted by atomic mass is 10.1. The molecule has 0 atom stereocenters. The van der Waals surface area contributed by atoms with E-state index in [2.05, 4.69) is 0 Å². The number of rotatable bonds is 6. The molecule has 1 aromatic heterocycles. The van der Waals surface area contributed by atoms with Crippen molar-refractivity contribution in [3.05, 3.63) is 94.3 Å². The summed E-state index contributed by atoms with van der Waals surface area (Å²) in [6, 6.07) is 17.0. The van der Waals surface area contributed by atoms with Gasteiger partial charge in [-0.2, -0.15) is 0 Å². The fraction of sp³-hybridized carbons (Fsp3) is 0.231. The van der Waals surface area contributed by atoms with Crippen molar-refractivity contribution >= 4 is 17.8 Å². The highest BCUT2D eigenvalue weighted by atomic mass is 16.5. The lowest BCUT2D eigenvalue weighted by molar-refractivity contribution is 0.0378. The molecule has 0 spiro atoms. The van der Waals surface area contributed by atoms with Gasteiger partial charge in [0.25, 0.3) is 0 Å². The van der Waals surface area contributed by atoms with E-state index < -0.39 is 0 Å². The van der Waals surface area contributed by atoms with Gasteiger partial charge in [-0.15, -0.1) is 0 Å². The van der Waals surface area contributed by atoms with Gasteiger partial charge < -0.3 is 9.30 Å². The molecule has 3 aromatic rings. The molecule has 1 heterocycles. The van der Waals surface area contributed by atoms with Crippen LogP contribution in [0.15, 0.2) is 60.7 Å². The van der Waals surface area contributed by atoms with Gasteiger partial charge in [-0.3, -0.25) is 4.79 Å². The lowest BCUT2D eigenvalue weighted by Gasteiger charge is -2.15. The van der Waals surface area contributed by atoms with Gasteiger partial charge >= 0.3 is 5.97 Å². The van der Waals surface area contributed by atoms with Gasteiger partial charge in [0.15, 0.2) is 5.78 Å². The van der Waals surface area contributed by atoms with Crippen LogP contribution < -0.4 is 0 Å². The SMILES string of the molecule is Cc1ccc(C(=O)/C=C/c2cc(C)n(-c3ccccc3C(=O)OC(C)C)c2C)cc1. The molecule has 0 saturated carbocycles. The molecule has 4 heteroatoms. The number of aryl methyl sites for hydroxylation is 2. The standard InChI is InChI=1S/C26H27NO3/c1-17(2)30-26(29)23-8-6-7-9-24(23)27-19(4)16-22(20(27)5)14-15-25(28)21-12-10-18(3)11-13-21/h6-17H,1-5H3/b15-14+.